The average molecular weight is 407 g/mol. The van der Waals surface area contributed by atoms with Crippen LogP contribution in [0, 0.1) is 6.92 Å². The summed E-state index contributed by atoms with van der Waals surface area (Å²) in [5, 5.41) is 4.72. The summed E-state index contributed by atoms with van der Waals surface area (Å²) >= 11 is 1.19. The number of thiophene rings is 1. The van der Waals surface area contributed by atoms with Crippen LogP contribution in [0.4, 0.5) is 0 Å². The van der Waals surface area contributed by atoms with Crippen LogP contribution in [0.15, 0.2) is 46.0 Å². The SMILES string of the molecule is Cc1ccc(C(C)(C)CNC(=O)C2CCCN2S(=O)(=O)c2cccs2)cc1. The standard InChI is InChI=1S/C20H26N2O3S2/c1-15-8-10-16(11-9-15)20(2,3)14-21-19(23)17-6-4-12-22(17)27(24,25)18-7-5-13-26-18/h5,7-11,13,17H,4,6,12,14H2,1-3H3,(H,21,23). The van der Waals surface area contributed by atoms with Gasteiger partial charge in [-0.05, 0) is 36.8 Å². The van der Waals surface area contributed by atoms with E-state index in [1.54, 1.807) is 17.5 Å². The van der Waals surface area contributed by atoms with Crippen molar-refractivity contribution in [2.24, 2.45) is 0 Å². The lowest BCUT2D eigenvalue weighted by atomic mass is 9.84. The van der Waals surface area contributed by atoms with Crippen molar-refractivity contribution in [3.05, 3.63) is 52.9 Å². The first-order valence-electron chi connectivity index (χ1n) is 9.12. The van der Waals surface area contributed by atoms with E-state index >= 15 is 0 Å². The van der Waals surface area contributed by atoms with Crippen LogP contribution in [-0.2, 0) is 20.2 Å². The zero-order chi connectivity index (χ0) is 19.7. The van der Waals surface area contributed by atoms with Crippen LogP contribution >= 0.6 is 11.3 Å². The van der Waals surface area contributed by atoms with E-state index in [-0.39, 0.29) is 11.3 Å². The first-order valence-corrected chi connectivity index (χ1v) is 11.4. The number of carbonyl (C=O) groups excluding carboxylic acids is 1. The number of aryl methyl sites for hydroxylation is 1. The zero-order valence-corrected chi connectivity index (χ0v) is 17.6. The van der Waals surface area contributed by atoms with Crippen LogP contribution in [-0.4, -0.2) is 37.8 Å². The highest BCUT2D eigenvalue weighted by atomic mass is 32.2. The molecule has 1 aromatic carbocycles. The number of hydrogen-bond donors (Lipinski definition) is 1. The largest absolute Gasteiger partial charge is 0.354 e. The molecule has 1 N–H and O–H groups in total. The molecule has 0 saturated carbocycles. The van der Waals surface area contributed by atoms with E-state index in [2.05, 4.69) is 43.4 Å². The molecule has 0 bridgehead atoms. The molecule has 7 heteroatoms. The summed E-state index contributed by atoms with van der Waals surface area (Å²) in [6.07, 6.45) is 1.26. The van der Waals surface area contributed by atoms with Crippen LogP contribution in [0.2, 0.25) is 0 Å². The van der Waals surface area contributed by atoms with E-state index < -0.39 is 16.1 Å². The highest BCUT2D eigenvalue weighted by Gasteiger charge is 2.40. The van der Waals surface area contributed by atoms with Gasteiger partial charge in [0.15, 0.2) is 0 Å². The number of nitrogens with zero attached hydrogens (tertiary/aromatic N) is 1. The zero-order valence-electron chi connectivity index (χ0n) is 15.9. The molecule has 0 aliphatic carbocycles. The summed E-state index contributed by atoms with van der Waals surface area (Å²) in [6, 6.07) is 10.9. The van der Waals surface area contributed by atoms with Gasteiger partial charge in [0.2, 0.25) is 5.91 Å². The quantitative estimate of drug-likeness (QED) is 0.800. The van der Waals surface area contributed by atoms with Crippen molar-refractivity contribution in [2.75, 3.05) is 13.1 Å². The summed E-state index contributed by atoms with van der Waals surface area (Å²) in [5.74, 6) is -0.215. The highest BCUT2D eigenvalue weighted by molar-refractivity contribution is 7.91. The number of sulfonamides is 1. The lowest BCUT2D eigenvalue weighted by Crippen LogP contribution is -2.48. The van der Waals surface area contributed by atoms with Crippen LogP contribution in [0.1, 0.15) is 37.8 Å². The number of amides is 1. The minimum atomic E-state index is -3.61. The maximum absolute atomic E-state index is 12.8. The normalized spacial score (nSPS) is 18.6. The summed E-state index contributed by atoms with van der Waals surface area (Å²) in [7, 11) is -3.61. The van der Waals surface area contributed by atoms with Crippen molar-refractivity contribution < 1.29 is 13.2 Å². The van der Waals surface area contributed by atoms with E-state index in [4.69, 9.17) is 0 Å². The fourth-order valence-corrected chi connectivity index (χ4v) is 6.12. The van der Waals surface area contributed by atoms with Crippen molar-refractivity contribution in [3.8, 4) is 0 Å². The van der Waals surface area contributed by atoms with Gasteiger partial charge in [-0.1, -0.05) is 49.7 Å². The molecule has 0 spiro atoms. The number of rotatable bonds is 6. The molecule has 2 heterocycles. The van der Waals surface area contributed by atoms with Gasteiger partial charge < -0.3 is 5.32 Å². The summed E-state index contributed by atoms with van der Waals surface area (Å²) in [5.41, 5.74) is 2.10. The maximum atomic E-state index is 12.8. The fourth-order valence-electron chi connectivity index (χ4n) is 3.35. The van der Waals surface area contributed by atoms with Crippen molar-refractivity contribution in [3.63, 3.8) is 0 Å². The van der Waals surface area contributed by atoms with Crippen molar-refractivity contribution >= 4 is 27.3 Å². The Kier molecular flexibility index (Phi) is 5.74. The van der Waals surface area contributed by atoms with Crippen molar-refractivity contribution in [1.29, 1.82) is 0 Å². The second kappa shape index (κ2) is 7.73. The van der Waals surface area contributed by atoms with Gasteiger partial charge in [-0.2, -0.15) is 4.31 Å². The molecular formula is C20H26N2O3S2. The van der Waals surface area contributed by atoms with E-state index in [0.29, 0.717) is 30.1 Å². The Morgan fingerprint density at radius 2 is 1.96 bits per heavy atom. The summed E-state index contributed by atoms with van der Waals surface area (Å²) in [6.45, 7) is 7.04. The Bertz CT molecular complexity index is 888. The van der Waals surface area contributed by atoms with Crippen molar-refractivity contribution in [1.82, 2.24) is 9.62 Å². The number of benzene rings is 1. The van der Waals surface area contributed by atoms with Gasteiger partial charge in [0.1, 0.15) is 10.3 Å². The van der Waals surface area contributed by atoms with Gasteiger partial charge in [0.25, 0.3) is 10.0 Å². The third kappa shape index (κ3) is 4.25. The Hall–Kier alpha value is -1.70. The predicted molar refractivity (Wildman–Crippen MR) is 108 cm³/mol. The molecular weight excluding hydrogens is 380 g/mol. The first-order chi connectivity index (χ1) is 12.7. The van der Waals surface area contributed by atoms with Gasteiger partial charge in [0, 0.05) is 18.5 Å². The molecule has 0 radical (unpaired) electrons. The lowest BCUT2D eigenvalue weighted by Gasteiger charge is -2.28. The summed E-state index contributed by atoms with van der Waals surface area (Å²) in [4.78, 5) is 12.8. The number of nitrogens with one attached hydrogen (secondary N) is 1. The second-order valence-corrected chi connectivity index (χ2v) is 10.7. The molecule has 1 aromatic heterocycles. The van der Waals surface area contributed by atoms with Crippen molar-refractivity contribution in [2.45, 2.75) is 49.3 Å². The van der Waals surface area contributed by atoms with E-state index in [1.165, 1.54) is 21.2 Å². The van der Waals surface area contributed by atoms with Gasteiger partial charge in [-0.25, -0.2) is 8.42 Å². The molecule has 3 rings (SSSR count). The molecule has 2 aromatic rings. The van der Waals surface area contributed by atoms with Crippen LogP contribution in [0.5, 0.6) is 0 Å². The fraction of sp³-hybridized carbons (Fsp3) is 0.450. The molecule has 1 amide bonds. The molecule has 27 heavy (non-hydrogen) atoms. The minimum Gasteiger partial charge on any atom is -0.354 e. The number of hydrogen-bond acceptors (Lipinski definition) is 4. The Morgan fingerprint density at radius 1 is 1.26 bits per heavy atom. The van der Waals surface area contributed by atoms with Gasteiger partial charge in [-0.15, -0.1) is 11.3 Å². The van der Waals surface area contributed by atoms with Crippen LogP contribution < -0.4 is 5.32 Å². The molecule has 1 fully saturated rings. The molecule has 5 nitrogen and oxygen atoms in total. The molecule has 1 saturated heterocycles. The van der Waals surface area contributed by atoms with Crippen LogP contribution in [0.3, 0.4) is 0 Å². The topological polar surface area (TPSA) is 66.5 Å². The minimum absolute atomic E-state index is 0.215. The smallest absolute Gasteiger partial charge is 0.253 e. The third-order valence-electron chi connectivity index (χ3n) is 5.10. The Balaban J connectivity index is 1.69. The average Bonchev–Trinajstić information content (AvgIpc) is 3.32. The molecule has 1 aliphatic heterocycles. The Morgan fingerprint density at radius 3 is 2.59 bits per heavy atom. The van der Waals surface area contributed by atoms with Gasteiger partial charge in [0.05, 0.1) is 0 Å². The third-order valence-corrected chi connectivity index (χ3v) is 8.38. The van der Waals surface area contributed by atoms with Gasteiger partial charge in [-0.3, -0.25) is 4.79 Å². The molecule has 1 unspecified atom stereocenters. The second-order valence-electron chi connectivity index (χ2n) is 7.67. The lowest BCUT2D eigenvalue weighted by molar-refractivity contribution is -0.124. The Labute approximate surface area is 165 Å². The van der Waals surface area contributed by atoms with E-state index in [1.807, 2.05) is 6.92 Å². The predicted octanol–water partition coefficient (Wildman–Crippen LogP) is 3.30. The van der Waals surface area contributed by atoms with E-state index in [9.17, 15) is 13.2 Å². The monoisotopic (exact) mass is 406 g/mol. The van der Waals surface area contributed by atoms with Gasteiger partial charge >= 0.3 is 0 Å². The summed E-state index contributed by atoms with van der Waals surface area (Å²) < 4.78 is 27.3. The molecule has 1 atom stereocenters. The maximum Gasteiger partial charge on any atom is 0.253 e. The first kappa shape index (κ1) is 20.0. The van der Waals surface area contributed by atoms with E-state index in [0.717, 1.165) is 5.56 Å². The highest BCUT2D eigenvalue weighted by Crippen LogP contribution is 2.29. The molecule has 1 aliphatic rings. The van der Waals surface area contributed by atoms with Crippen LogP contribution in [0.25, 0.3) is 0 Å². The molecule has 146 valence electrons. The number of carbonyl (C=O) groups is 1.